The first-order chi connectivity index (χ1) is 13.5. The number of terminal acetylenes is 1. The third kappa shape index (κ3) is 5.51. The fourth-order valence-corrected chi connectivity index (χ4v) is 2.60. The number of hydrogen-bond donors (Lipinski definition) is 4. The predicted octanol–water partition coefficient (Wildman–Crippen LogP) is -2.10. The zero-order chi connectivity index (χ0) is 22.4. The molecule has 1 aliphatic heterocycles. The summed E-state index contributed by atoms with van der Waals surface area (Å²) in [7, 11) is 0.742. The summed E-state index contributed by atoms with van der Waals surface area (Å²) >= 11 is 0. The summed E-state index contributed by atoms with van der Waals surface area (Å²) in [4.78, 5) is 34.9. The van der Waals surface area contributed by atoms with Crippen molar-refractivity contribution in [3.63, 3.8) is 0 Å². The van der Waals surface area contributed by atoms with E-state index in [4.69, 9.17) is 26.4 Å². The molecular formula is C16H22F2N2O9. The number of esters is 2. The number of aliphatic hydroxyl groups excluding tert-OH is 2. The minimum atomic E-state index is -3.82. The zero-order valence-corrected chi connectivity index (χ0v) is 15.5. The van der Waals surface area contributed by atoms with E-state index in [1.165, 1.54) is 0 Å². The number of nitrogens with two attached hydrogens (primary N) is 1. The minimum Gasteiger partial charge on any atom is -0.465 e. The van der Waals surface area contributed by atoms with Crippen LogP contribution in [0.3, 0.4) is 0 Å². The van der Waals surface area contributed by atoms with Crippen molar-refractivity contribution < 1.29 is 52.3 Å². The number of carbonyl (C=O) groups excluding carboxylic acids is 3. The fourth-order valence-electron chi connectivity index (χ4n) is 2.60. The standard InChI is InChI=1S/C16H22F2N2O9/c1-4-5-20-15(25)28-11(8(6-21)27-7(2)22)12-9(19)10(23)13(17)16(18,29-12)14(24)26-3/h1,8-13,21,23H,5-6,19H2,2-3H3,(H,20,25)/t8-,9?,10?,11-,12?,13?,16?/m1/s1. The molecule has 5 unspecified atom stereocenters. The molecule has 0 bridgehead atoms. The van der Waals surface area contributed by atoms with Crippen molar-refractivity contribution in [1.82, 2.24) is 5.32 Å². The first kappa shape index (κ1) is 24.5. The van der Waals surface area contributed by atoms with Gasteiger partial charge in [0, 0.05) is 6.92 Å². The number of alkyl halides is 2. The first-order valence-corrected chi connectivity index (χ1v) is 8.22. The maximum atomic E-state index is 14.9. The Morgan fingerprint density at radius 3 is 2.52 bits per heavy atom. The SMILES string of the molecule is C#CCNC(=O)O[C@@H](C1OC(F)(C(=O)OC)C(F)C(O)C1N)[C@@H](CO)OC(C)=O. The molecule has 1 heterocycles. The van der Waals surface area contributed by atoms with Gasteiger partial charge in [-0.3, -0.25) is 4.79 Å². The van der Waals surface area contributed by atoms with Crippen LogP contribution in [0, 0.1) is 12.3 Å². The molecule has 1 amide bonds. The van der Waals surface area contributed by atoms with Crippen LogP contribution in [0.2, 0.25) is 0 Å². The Morgan fingerprint density at radius 2 is 2.03 bits per heavy atom. The minimum absolute atomic E-state index is 0.287. The van der Waals surface area contributed by atoms with Crippen LogP contribution in [0.25, 0.3) is 0 Å². The van der Waals surface area contributed by atoms with E-state index in [1.54, 1.807) is 0 Å². The summed E-state index contributed by atoms with van der Waals surface area (Å²) in [6.45, 7) is -0.295. The van der Waals surface area contributed by atoms with Crippen molar-refractivity contribution in [2.24, 2.45) is 5.73 Å². The molecule has 0 aromatic carbocycles. The summed E-state index contributed by atoms with van der Waals surface area (Å²) < 4.78 is 47.9. The van der Waals surface area contributed by atoms with Gasteiger partial charge in [0.2, 0.25) is 0 Å². The van der Waals surface area contributed by atoms with Crippen LogP contribution in [0.5, 0.6) is 0 Å². The van der Waals surface area contributed by atoms with Gasteiger partial charge in [-0.1, -0.05) is 5.92 Å². The van der Waals surface area contributed by atoms with Gasteiger partial charge in [0.15, 0.2) is 18.4 Å². The highest BCUT2D eigenvalue weighted by Crippen LogP contribution is 2.36. The normalized spacial score (nSPS) is 31.0. The molecule has 1 fully saturated rings. The molecule has 0 aromatic rings. The Balaban J connectivity index is 3.31. The lowest BCUT2D eigenvalue weighted by Gasteiger charge is -2.45. The topological polar surface area (TPSA) is 167 Å². The molecule has 164 valence electrons. The molecule has 0 radical (unpaired) electrons. The predicted molar refractivity (Wildman–Crippen MR) is 89.4 cm³/mol. The zero-order valence-electron chi connectivity index (χ0n) is 15.5. The quantitative estimate of drug-likeness (QED) is 0.202. The highest BCUT2D eigenvalue weighted by atomic mass is 19.2. The molecule has 5 N–H and O–H groups in total. The Bertz CT molecular complexity index is 659. The summed E-state index contributed by atoms with van der Waals surface area (Å²) in [6, 6.07) is -1.77. The molecule has 29 heavy (non-hydrogen) atoms. The highest BCUT2D eigenvalue weighted by Gasteiger charge is 2.63. The maximum absolute atomic E-state index is 14.9. The van der Waals surface area contributed by atoms with Gasteiger partial charge in [0.1, 0.15) is 12.2 Å². The molecule has 1 saturated heterocycles. The van der Waals surface area contributed by atoms with E-state index in [-0.39, 0.29) is 6.54 Å². The Morgan fingerprint density at radius 1 is 1.41 bits per heavy atom. The fraction of sp³-hybridized carbons (Fsp3) is 0.688. The van der Waals surface area contributed by atoms with E-state index >= 15 is 0 Å². The van der Waals surface area contributed by atoms with Crippen LogP contribution >= 0.6 is 0 Å². The monoisotopic (exact) mass is 424 g/mol. The average molecular weight is 424 g/mol. The van der Waals surface area contributed by atoms with Crippen LogP contribution in [0.15, 0.2) is 0 Å². The molecule has 0 aromatic heterocycles. The second kappa shape index (κ2) is 10.3. The number of nitrogens with one attached hydrogen (secondary N) is 1. The summed E-state index contributed by atoms with van der Waals surface area (Å²) in [5.41, 5.74) is 5.68. The molecular weight excluding hydrogens is 402 g/mol. The van der Waals surface area contributed by atoms with Crippen LogP contribution in [-0.4, -0.2) is 91.0 Å². The Kier molecular flexibility index (Phi) is 8.71. The van der Waals surface area contributed by atoms with E-state index < -0.39 is 67.1 Å². The number of halogens is 2. The largest absolute Gasteiger partial charge is 0.465 e. The molecule has 1 rings (SSSR count). The first-order valence-electron chi connectivity index (χ1n) is 8.22. The summed E-state index contributed by atoms with van der Waals surface area (Å²) in [6.07, 6.45) is -6.98. The Hall–Kier alpha value is -2.53. The van der Waals surface area contributed by atoms with Crippen molar-refractivity contribution in [3.05, 3.63) is 0 Å². The van der Waals surface area contributed by atoms with Crippen molar-refractivity contribution in [1.29, 1.82) is 0 Å². The maximum Gasteiger partial charge on any atom is 0.408 e. The molecule has 1 aliphatic rings. The number of amides is 1. The second-order valence-corrected chi connectivity index (χ2v) is 5.95. The molecule has 13 heteroatoms. The van der Waals surface area contributed by atoms with Crippen molar-refractivity contribution in [2.75, 3.05) is 20.3 Å². The number of hydrogen-bond acceptors (Lipinski definition) is 10. The molecule has 0 saturated carbocycles. The van der Waals surface area contributed by atoms with E-state index in [0.717, 1.165) is 14.0 Å². The second-order valence-electron chi connectivity index (χ2n) is 5.95. The van der Waals surface area contributed by atoms with Gasteiger partial charge >= 0.3 is 23.9 Å². The number of ether oxygens (including phenoxy) is 4. The number of aliphatic hydroxyl groups is 2. The van der Waals surface area contributed by atoms with Gasteiger partial charge in [0.25, 0.3) is 0 Å². The van der Waals surface area contributed by atoms with Gasteiger partial charge in [-0.2, -0.15) is 4.39 Å². The lowest BCUT2D eigenvalue weighted by Crippen LogP contribution is -2.70. The van der Waals surface area contributed by atoms with E-state index in [0.29, 0.717) is 0 Å². The lowest BCUT2D eigenvalue weighted by atomic mass is 9.88. The van der Waals surface area contributed by atoms with Gasteiger partial charge in [-0.05, 0) is 0 Å². The summed E-state index contributed by atoms with van der Waals surface area (Å²) in [5, 5.41) is 21.6. The van der Waals surface area contributed by atoms with E-state index in [1.807, 2.05) is 0 Å². The number of methoxy groups -OCH3 is 1. The van der Waals surface area contributed by atoms with Crippen molar-refractivity contribution in [3.8, 4) is 12.3 Å². The number of rotatable bonds is 7. The summed E-state index contributed by atoms with van der Waals surface area (Å²) in [5.74, 6) is -4.51. The van der Waals surface area contributed by atoms with Crippen molar-refractivity contribution in [2.45, 2.75) is 49.4 Å². The number of alkyl carbamates (subject to hydrolysis) is 1. The Labute approximate surface area is 164 Å². The van der Waals surface area contributed by atoms with Gasteiger partial charge in [-0.25, -0.2) is 14.0 Å². The van der Waals surface area contributed by atoms with Gasteiger partial charge < -0.3 is 40.2 Å². The van der Waals surface area contributed by atoms with Gasteiger partial charge in [0.05, 0.1) is 26.3 Å². The smallest absolute Gasteiger partial charge is 0.408 e. The van der Waals surface area contributed by atoms with Crippen LogP contribution in [0.1, 0.15) is 6.92 Å². The van der Waals surface area contributed by atoms with E-state index in [9.17, 15) is 33.4 Å². The van der Waals surface area contributed by atoms with Crippen LogP contribution in [-0.2, 0) is 28.5 Å². The van der Waals surface area contributed by atoms with Gasteiger partial charge in [-0.15, -0.1) is 6.42 Å². The molecule has 11 nitrogen and oxygen atoms in total. The van der Waals surface area contributed by atoms with E-state index in [2.05, 4.69) is 16.0 Å². The van der Waals surface area contributed by atoms with Crippen LogP contribution < -0.4 is 11.1 Å². The third-order valence-electron chi connectivity index (χ3n) is 3.97. The third-order valence-corrected chi connectivity index (χ3v) is 3.97. The highest BCUT2D eigenvalue weighted by molar-refractivity contribution is 5.79. The molecule has 0 aliphatic carbocycles. The molecule has 7 atom stereocenters. The van der Waals surface area contributed by atoms with Crippen LogP contribution in [0.4, 0.5) is 13.6 Å². The average Bonchev–Trinajstić information content (AvgIpc) is 2.69. The molecule has 0 spiro atoms. The number of carbonyl (C=O) groups is 3. The lowest BCUT2D eigenvalue weighted by molar-refractivity contribution is -0.291. The van der Waals surface area contributed by atoms with Crippen molar-refractivity contribution >= 4 is 18.0 Å².